The van der Waals surface area contributed by atoms with Gasteiger partial charge in [0.05, 0.1) is 13.2 Å². The van der Waals surface area contributed by atoms with E-state index in [4.69, 9.17) is 9.47 Å². The molecule has 0 fully saturated rings. The number of ether oxygens (including phenoxy) is 2. The van der Waals surface area contributed by atoms with Gasteiger partial charge in [0.2, 0.25) is 0 Å². The molecule has 0 bridgehead atoms. The van der Waals surface area contributed by atoms with Crippen LogP contribution in [0.25, 0.3) is 0 Å². The monoisotopic (exact) mass is 349 g/mol. The van der Waals surface area contributed by atoms with Crippen LogP contribution < -0.4 is 15.4 Å². The molecule has 1 aromatic rings. The van der Waals surface area contributed by atoms with E-state index in [1.807, 2.05) is 6.92 Å². The van der Waals surface area contributed by atoms with E-state index in [2.05, 4.69) is 47.7 Å². The van der Waals surface area contributed by atoms with Gasteiger partial charge in [-0.25, -0.2) is 0 Å². The molecular formula is C19H31N3O3. The van der Waals surface area contributed by atoms with Crippen LogP contribution in [0, 0.1) is 6.92 Å². The van der Waals surface area contributed by atoms with Gasteiger partial charge in [0.1, 0.15) is 5.75 Å². The molecule has 0 aliphatic heterocycles. The molecule has 0 unspecified atom stereocenters. The Morgan fingerprint density at radius 2 is 2.04 bits per heavy atom. The third-order valence-electron chi connectivity index (χ3n) is 3.51. The average Bonchev–Trinajstić information content (AvgIpc) is 2.60. The van der Waals surface area contributed by atoms with Crippen molar-refractivity contribution >= 4 is 11.9 Å². The normalized spacial score (nSPS) is 11.1. The van der Waals surface area contributed by atoms with Crippen LogP contribution in [0.3, 0.4) is 0 Å². The van der Waals surface area contributed by atoms with Gasteiger partial charge in [-0.2, -0.15) is 0 Å². The molecule has 0 aliphatic rings. The molecule has 1 aromatic carbocycles. The minimum atomic E-state index is -0.162. The highest BCUT2D eigenvalue weighted by Gasteiger charge is 2.06. The van der Waals surface area contributed by atoms with E-state index in [0.29, 0.717) is 45.1 Å². The molecular weight excluding hydrogens is 318 g/mol. The van der Waals surface area contributed by atoms with Crippen LogP contribution in [0.15, 0.2) is 23.2 Å². The van der Waals surface area contributed by atoms with Crippen molar-refractivity contribution in [1.82, 2.24) is 10.6 Å². The maximum Gasteiger partial charge on any atom is 0.305 e. The fourth-order valence-electron chi connectivity index (χ4n) is 2.23. The second-order valence-electron chi connectivity index (χ2n) is 5.72. The number of carbonyl (C=O) groups excluding carboxylic acids is 1. The summed E-state index contributed by atoms with van der Waals surface area (Å²) in [7, 11) is 1.73. The van der Waals surface area contributed by atoms with Crippen LogP contribution >= 0.6 is 0 Å². The van der Waals surface area contributed by atoms with Crippen molar-refractivity contribution in [2.75, 3.05) is 26.8 Å². The van der Waals surface area contributed by atoms with Crippen LogP contribution in [-0.4, -0.2) is 38.7 Å². The van der Waals surface area contributed by atoms with E-state index in [9.17, 15) is 4.79 Å². The summed E-state index contributed by atoms with van der Waals surface area (Å²) < 4.78 is 10.7. The highest BCUT2D eigenvalue weighted by Crippen LogP contribution is 2.20. The van der Waals surface area contributed by atoms with E-state index < -0.39 is 0 Å². The molecule has 0 heterocycles. The van der Waals surface area contributed by atoms with Crippen LogP contribution in [0.2, 0.25) is 0 Å². The van der Waals surface area contributed by atoms with Crippen LogP contribution in [0.4, 0.5) is 0 Å². The Morgan fingerprint density at radius 3 is 2.72 bits per heavy atom. The van der Waals surface area contributed by atoms with Gasteiger partial charge < -0.3 is 20.1 Å². The van der Waals surface area contributed by atoms with Gasteiger partial charge in [0.25, 0.3) is 0 Å². The second-order valence-corrected chi connectivity index (χ2v) is 5.72. The Hall–Kier alpha value is -2.24. The zero-order valence-electron chi connectivity index (χ0n) is 15.9. The van der Waals surface area contributed by atoms with E-state index >= 15 is 0 Å². The van der Waals surface area contributed by atoms with Crippen LogP contribution in [0.5, 0.6) is 5.75 Å². The van der Waals surface area contributed by atoms with Crippen molar-refractivity contribution in [3.8, 4) is 5.75 Å². The van der Waals surface area contributed by atoms with E-state index in [1.165, 1.54) is 5.56 Å². The van der Waals surface area contributed by atoms with Crippen molar-refractivity contribution < 1.29 is 14.3 Å². The Morgan fingerprint density at radius 1 is 1.24 bits per heavy atom. The van der Waals surface area contributed by atoms with Crippen LogP contribution in [0.1, 0.15) is 44.2 Å². The lowest BCUT2D eigenvalue weighted by atomic mass is 10.1. The number of benzene rings is 1. The van der Waals surface area contributed by atoms with Gasteiger partial charge in [-0.05, 0) is 38.3 Å². The van der Waals surface area contributed by atoms with Crippen molar-refractivity contribution in [1.29, 1.82) is 0 Å². The molecule has 0 saturated carbocycles. The number of esters is 1. The standard InChI is InChI=1S/C19H31N3O3/c1-5-12-25-17-13-15(3)9-10-16(17)14-22-19(20-4)21-11-7-8-18(23)24-6-2/h9-10,13H,5-8,11-12,14H2,1-4H3,(H2,20,21,22). The maximum absolute atomic E-state index is 11.3. The van der Waals surface area contributed by atoms with E-state index in [0.717, 1.165) is 17.7 Å². The summed E-state index contributed by atoms with van der Waals surface area (Å²) in [6, 6.07) is 6.20. The number of aliphatic imine (C=N–C) groups is 1. The number of hydrogen-bond acceptors (Lipinski definition) is 4. The minimum absolute atomic E-state index is 0.162. The third-order valence-corrected chi connectivity index (χ3v) is 3.51. The summed E-state index contributed by atoms with van der Waals surface area (Å²) in [5, 5.41) is 6.48. The maximum atomic E-state index is 11.3. The number of guanidine groups is 1. The predicted molar refractivity (Wildman–Crippen MR) is 101 cm³/mol. The summed E-state index contributed by atoms with van der Waals surface area (Å²) in [6.45, 7) is 8.37. The van der Waals surface area contributed by atoms with Crippen molar-refractivity contribution in [3.05, 3.63) is 29.3 Å². The number of carbonyl (C=O) groups is 1. The van der Waals surface area contributed by atoms with Gasteiger partial charge in [-0.1, -0.05) is 19.1 Å². The number of nitrogens with one attached hydrogen (secondary N) is 2. The number of nitrogens with zero attached hydrogens (tertiary/aromatic N) is 1. The van der Waals surface area contributed by atoms with E-state index in [1.54, 1.807) is 7.05 Å². The lowest BCUT2D eigenvalue weighted by molar-refractivity contribution is -0.143. The summed E-state index contributed by atoms with van der Waals surface area (Å²) >= 11 is 0. The number of rotatable bonds is 10. The lowest BCUT2D eigenvalue weighted by Crippen LogP contribution is -2.37. The van der Waals surface area contributed by atoms with E-state index in [-0.39, 0.29) is 5.97 Å². The second kappa shape index (κ2) is 12.2. The topological polar surface area (TPSA) is 72.0 Å². The summed E-state index contributed by atoms with van der Waals surface area (Å²) in [5.41, 5.74) is 2.27. The highest BCUT2D eigenvalue weighted by molar-refractivity contribution is 5.79. The first-order chi connectivity index (χ1) is 12.1. The molecule has 0 radical (unpaired) electrons. The summed E-state index contributed by atoms with van der Waals surface area (Å²) in [6.07, 6.45) is 2.09. The average molecular weight is 349 g/mol. The quantitative estimate of drug-likeness (QED) is 0.294. The number of hydrogen-bond donors (Lipinski definition) is 2. The third kappa shape index (κ3) is 8.42. The SMILES string of the molecule is CCCOc1cc(C)ccc1CNC(=NC)NCCCC(=O)OCC. The Bertz CT molecular complexity index is 559. The van der Waals surface area contributed by atoms with Crippen molar-refractivity contribution in [2.45, 2.75) is 46.6 Å². The molecule has 2 N–H and O–H groups in total. The molecule has 0 amide bonds. The predicted octanol–water partition coefficient (Wildman–Crippen LogP) is 2.79. The zero-order valence-corrected chi connectivity index (χ0v) is 15.9. The van der Waals surface area contributed by atoms with Gasteiger partial charge in [0, 0.05) is 32.1 Å². The van der Waals surface area contributed by atoms with Gasteiger partial charge in [-0.3, -0.25) is 9.79 Å². The molecule has 6 nitrogen and oxygen atoms in total. The Kier molecular flexibility index (Phi) is 10.1. The first kappa shape index (κ1) is 20.8. The van der Waals surface area contributed by atoms with Crippen molar-refractivity contribution in [3.63, 3.8) is 0 Å². The highest BCUT2D eigenvalue weighted by atomic mass is 16.5. The molecule has 0 saturated heterocycles. The molecule has 25 heavy (non-hydrogen) atoms. The largest absolute Gasteiger partial charge is 0.493 e. The van der Waals surface area contributed by atoms with Gasteiger partial charge in [0.15, 0.2) is 5.96 Å². The van der Waals surface area contributed by atoms with Crippen molar-refractivity contribution in [2.24, 2.45) is 4.99 Å². The molecule has 0 spiro atoms. The Labute approximate surface area is 151 Å². The first-order valence-corrected chi connectivity index (χ1v) is 8.93. The molecule has 0 atom stereocenters. The van der Waals surface area contributed by atoms with Gasteiger partial charge >= 0.3 is 5.97 Å². The molecule has 6 heteroatoms. The molecule has 1 rings (SSSR count). The summed E-state index contributed by atoms with van der Waals surface area (Å²) in [5.74, 6) is 1.45. The Balaban J connectivity index is 2.45. The minimum Gasteiger partial charge on any atom is -0.493 e. The first-order valence-electron chi connectivity index (χ1n) is 8.93. The molecule has 0 aromatic heterocycles. The number of aryl methyl sites for hydroxylation is 1. The fourth-order valence-corrected chi connectivity index (χ4v) is 2.23. The zero-order chi connectivity index (χ0) is 18.5. The lowest BCUT2D eigenvalue weighted by Gasteiger charge is -2.15. The van der Waals surface area contributed by atoms with Gasteiger partial charge in [-0.15, -0.1) is 0 Å². The molecule has 140 valence electrons. The molecule has 0 aliphatic carbocycles. The summed E-state index contributed by atoms with van der Waals surface area (Å²) in [4.78, 5) is 15.5. The smallest absolute Gasteiger partial charge is 0.305 e. The van der Waals surface area contributed by atoms with Crippen LogP contribution in [-0.2, 0) is 16.1 Å². The fraction of sp³-hybridized carbons (Fsp3) is 0.579.